The highest BCUT2D eigenvalue weighted by Gasteiger charge is 2.40. The molecule has 1 heterocycles. The number of ether oxygens (including phenoxy) is 1. The second kappa shape index (κ2) is 9.45. The van der Waals surface area contributed by atoms with E-state index < -0.39 is 39.8 Å². The molecular weight excluding hydrogens is 453 g/mol. The number of hydrogen-bond donors (Lipinski definition) is 3. The zero-order valence-corrected chi connectivity index (χ0v) is 17.4. The average Bonchev–Trinajstić information content (AvgIpc) is 2.77. The van der Waals surface area contributed by atoms with Gasteiger partial charge in [0.25, 0.3) is 5.91 Å². The van der Waals surface area contributed by atoms with Crippen molar-refractivity contribution in [1.29, 1.82) is 0 Å². The lowest BCUT2D eigenvalue weighted by Crippen LogP contribution is -2.54. The molecule has 2 aromatic carbocycles. The van der Waals surface area contributed by atoms with Gasteiger partial charge in [-0.1, -0.05) is 18.2 Å². The molecule has 3 N–H and O–H groups in total. The first-order chi connectivity index (χ1) is 15.0. The van der Waals surface area contributed by atoms with E-state index in [0.717, 1.165) is 10.4 Å². The van der Waals surface area contributed by atoms with Crippen LogP contribution in [0.3, 0.4) is 0 Å². The van der Waals surface area contributed by atoms with Crippen molar-refractivity contribution in [3.63, 3.8) is 0 Å². The molecule has 0 bridgehead atoms. The van der Waals surface area contributed by atoms with E-state index in [1.165, 1.54) is 47.9 Å². The number of hydroxylamine groups is 1. The quantitative estimate of drug-likeness (QED) is 0.437. The van der Waals surface area contributed by atoms with Crippen LogP contribution in [0.15, 0.2) is 53.4 Å². The Bertz CT molecular complexity index is 1060. The number of alkyl halides is 3. The van der Waals surface area contributed by atoms with E-state index in [1.807, 2.05) is 0 Å². The summed E-state index contributed by atoms with van der Waals surface area (Å²) >= 11 is 0. The number of carbonyl (C=O) groups is 1. The first-order valence-electron chi connectivity index (χ1n) is 9.56. The van der Waals surface area contributed by atoms with Gasteiger partial charge in [-0.25, -0.2) is 13.9 Å². The van der Waals surface area contributed by atoms with Crippen LogP contribution < -0.4 is 10.2 Å². The number of benzene rings is 2. The standard InChI is InChI=1S/C20H21F3N2O6S/c21-20(22,23)17-4-2-1-3-13(17)12-31-15-6-8-16(9-7-15)32(29,30)25-11-14(26)5-10-18(25)19(27)24-28/h1-4,6-9,14,18,26,28H,5,10-12H2,(H,24,27). The highest BCUT2D eigenvalue weighted by Crippen LogP contribution is 2.32. The SMILES string of the molecule is O=C(NO)C1CCC(O)CN1S(=O)(=O)c1ccc(OCc2ccccc2C(F)(F)F)cc1. The number of aliphatic hydroxyl groups is 1. The Morgan fingerprint density at radius 3 is 2.41 bits per heavy atom. The smallest absolute Gasteiger partial charge is 0.416 e. The largest absolute Gasteiger partial charge is 0.489 e. The second-order valence-corrected chi connectivity index (χ2v) is 9.10. The maximum Gasteiger partial charge on any atom is 0.416 e. The van der Waals surface area contributed by atoms with Crippen molar-refractivity contribution in [2.24, 2.45) is 0 Å². The summed E-state index contributed by atoms with van der Waals surface area (Å²) in [7, 11) is -4.21. The van der Waals surface area contributed by atoms with Gasteiger partial charge in [0, 0.05) is 12.1 Å². The van der Waals surface area contributed by atoms with E-state index in [9.17, 15) is 31.5 Å². The highest BCUT2D eigenvalue weighted by molar-refractivity contribution is 7.89. The molecule has 2 atom stereocenters. The van der Waals surface area contributed by atoms with Crippen LogP contribution >= 0.6 is 0 Å². The Labute approximate surface area is 182 Å². The van der Waals surface area contributed by atoms with E-state index in [2.05, 4.69) is 0 Å². The van der Waals surface area contributed by atoms with Crippen molar-refractivity contribution in [1.82, 2.24) is 9.79 Å². The molecule has 0 saturated carbocycles. The summed E-state index contributed by atoms with van der Waals surface area (Å²) in [5.74, 6) is -0.770. The number of aliphatic hydroxyl groups excluding tert-OH is 1. The third-order valence-electron chi connectivity index (χ3n) is 5.07. The minimum absolute atomic E-state index is 0.0204. The summed E-state index contributed by atoms with van der Waals surface area (Å²) in [6.07, 6.45) is -5.29. The number of amides is 1. The Morgan fingerprint density at radius 1 is 1.12 bits per heavy atom. The molecule has 0 spiro atoms. The summed E-state index contributed by atoms with van der Waals surface area (Å²) in [4.78, 5) is 11.7. The molecule has 174 valence electrons. The molecule has 1 fully saturated rings. The van der Waals surface area contributed by atoms with Gasteiger partial charge in [0.05, 0.1) is 16.6 Å². The maximum absolute atomic E-state index is 13.1. The van der Waals surface area contributed by atoms with Gasteiger partial charge in [-0.15, -0.1) is 0 Å². The molecule has 1 aliphatic heterocycles. The average molecular weight is 474 g/mol. The predicted molar refractivity (Wildman–Crippen MR) is 105 cm³/mol. The van der Waals surface area contributed by atoms with E-state index in [4.69, 9.17) is 9.94 Å². The van der Waals surface area contributed by atoms with Crippen LogP contribution in [0.1, 0.15) is 24.0 Å². The van der Waals surface area contributed by atoms with Crippen molar-refractivity contribution in [2.45, 2.75) is 42.7 Å². The normalized spacial score (nSPS) is 20.0. The third kappa shape index (κ3) is 5.21. The molecule has 12 heteroatoms. The fourth-order valence-corrected chi connectivity index (χ4v) is 5.10. The Morgan fingerprint density at radius 2 is 1.78 bits per heavy atom. The minimum atomic E-state index is -4.53. The maximum atomic E-state index is 13.1. The van der Waals surface area contributed by atoms with Gasteiger partial charge >= 0.3 is 6.18 Å². The lowest BCUT2D eigenvalue weighted by molar-refractivity contribution is -0.138. The van der Waals surface area contributed by atoms with Gasteiger partial charge in [-0.05, 0) is 43.2 Å². The van der Waals surface area contributed by atoms with Crippen molar-refractivity contribution in [2.75, 3.05) is 6.54 Å². The number of carbonyl (C=O) groups excluding carboxylic acids is 1. The van der Waals surface area contributed by atoms with Crippen LogP contribution in [-0.4, -0.2) is 47.6 Å². The number of piperidine rings is 1. The topological polar surface area (TPSA) is 116 Å². The second-order valence-electron chi connectivity index (χ2n) is 7.21. The number of nitrogens with one attached hydrogen (secondary N) is 1. The van der Waals surface area contributed by atoms with Crippen molar-refractivity contribution >= 4 is 15.9 Å². The summed E-state index contributed by atoms with van der Waals surface area (Å²) in [6.45, 7) is -0.703. The molecule has 1 saturated heterocycles. The van der Waals surface area contributed by atoms with Gasteiger partial charge in [0.1, 0.15) is 18.4 Å². The highest BCUT2D eigenvalue weighted by atomic mass is 32.2. The predicted octanol–water partition coefficient (Wildman–Crippen LogP) is 2.30. The zero-order chi connectivity index (χ0) is 23.5. The molecule has 2 aromatic rings. The van der Waals surface area contributed by atoms with Crippen LogP contribution in [0, 0.1) is 0 Å². The number of sulfonamides is 1. The van der Waals surface area contributed by atoms with Crippen LogP contribution in [0.25, 0.3) is 0 Å². The fraction of sp³-hybridized carbons (Fsp3) is 0.350. The van der Waals surface area contributed by atoms with Gasteiger partial charge < -0.3 is 9.84 Å². The van der Waals surface area contributed by atoms with Crippen molar-refractivity contribution in [3.05, 3.63) is 59.7 Å². The molecular formula is C20H21F3N2O6S. The van der Waals surface area contributed by atoms with Gasteiger partial charge in [-0.3, -0.25) is 10.0 Å². The van der Waals surface area contributed by atoms with Crippen LogP contribution in [0.4, 0.5) is 13.2 Å². The molecule has 0 aliphatic carbocycles. The molecule has 0 aromatic heterocycles. The number of hydrogen-bond acceptors (Lipinski definition) is 6. The molecule has 0 radical (unpaired) electrons. The summed E-state index contributed by atoms with van der Waals surface area (Å²) in [6, 6.07) is 8.71. The van der Waals surface area contributed by atoms with Crippen LogP contribution in [-0.2, 0) is 27.6 Å². The summed E-state index contributed by atoms with van der Waals surface area (Å²) in [5, 5.41) is 18.8. The van der Waals surface area contributed by atoms with Gasteiger partial charge in [0.15, 0.2) is 0 Å². The molecule has 1 amide bonds. The van der Waals surface area contributed by atoms with Crippen LogP contribution in [0.5, 0.6) is 5.75 Å². The molecule has 1 aliphatic rings. The number of nitrogens with zero attached hydrogens (tertiary/aromatic N) is 1. The molecule has 2 unspecified atom stereocenters. The minimum Gasteiger partial charge on any atom is -0.489 e. The Kier molecular flexibility index (Phi) is 7.08. The van der Waals surface area contributed by atoms with E-state index >= 15 is 0 Å². The molecule has 3 rings (SSSR count). The zero-order valence-electron chi connectivity index (χ0n) is 16.6. The van der Waals surface area contributed by atoms with Gasteiger partial charge in [-0.2, -0.15) is 17.5 Å². The lowest BCUT2D eigenvalue weighted by Gasteiger charge is -2.35. The van der Waals surface area contributed by atoms with E-state index in [-0.39, 0.29) is 42.2 Å². The van der Waals surface area contributed by atoms with E-state index in [1.54, 1.807) is 0 Å². The number of β-amino-alcohol motifs (C(OH)–C–C–N with tert-alkyl or cyclic N) is 1. The summed E-state index contributed by atoms with van der Waals surface area (Å²) in [5.41, 5.74) is 0.537. The fourth-order valence-electron chi connectivity index (χ4n) is 3.45. The van der Waals surface area contributed by atoms with Crippen molar-refractivity contribution in [3.8, 4) is 5.75 Å². The summed E-state index contributed by atoms with van der Waals surface area (Å²) < 4.78 is 71.5. The van der Waals surface area contributed by atoms with Crippen LogP contribution in [0.2, 0.25) is 0 Å². The van der Waals surface area contributed by atoms with Crippen molar-refractivity contribution < 1.29 is 41.4 Å². The number of halogens is 3. The van der Waals surface area contributed by atoms with E-state index in [0.29, 0.717) is 0 Å². The Hall–Kier alpha value is -2.67. The molecule has 8 nitrogen and oxygen atoms in total. The Balaban J connectivity index is 1.77. The first kappa shape index (κ1) is 24.0. The number of rotatable bonds is 6. The lowest BCUT2D eigenvalue weighted by atomic mass is 10.0. The monoisotopic (exact) mass is 474 g/mol. The third-order valence-corrected chi connectivity index (χ3v) is 6.96. The van der Waals surface area contributed by atoms with Gasteiger partial charge in [0.2, 0.25) is 10.0 Å². The molecule has 32 heavy (non-hydrogen) atoms. The first-order valence-corrected chi connectivity index (χ1v) is 11.0.